The van der Waals surface area contributed by atoms with Gasteiger partial charge < -0.3 is 5.11 Å². The zero-order valence-electron chi connectivity index (χ0n) is 9.23. The van der Waals surface area contributed by atoms with Crippen LogP contribution < -0.4 is 5.01 Å². The molecule has 1 aromatic carbocycles. The van der Waals surface area contributed by atoms with Crippen LogP contribution in [0.2, 0.25) is 0 Å². The smallest absolute Gasteiger partial charge is 0.155 e. The molecule has 1 heterocycles. The highest BCUT2D eigenvalue weighted by atomic mass is 32.2. The monoisotopic (exact) mass is 274 g/mol. The van der Waals surface area contributed by atoms with Gasteiger partial charge in [0.2, 0.25) is 0 Å². The van der Waals surface area contributed by atoms with Crippen LogP contribution in [0.15, 0.2) is 29.6 Å². The fourth-order valence-corrected chi connectivity index (χ4v) is 3.70. The Bertz CT molecular complexity index is 546. The van der Waals surface area contributed by atoms with E-state index in [0.717, 1.165) is 17.1 Å². The lowest BCUT2D eigenvalue weighted by atomic mass is 10.2. The second kappa shape index (κ2) is 4.62. The number of nitrogens with zero attached hydrogens (tertiary/aromatic N) is 2. The molecule has 0 radical (unpaired) electrons. The van der Waals surface area contributed by atoms with Gasteiger partial charge in [0, 0.05) is 0 Å². The maximum atomic E-state index is 12.8. The largest absolute Gasteiger partial charge is 0.390 e. The maximum Gasteiger partial charge on any atom is 0.155 e. The van der Waals surface area contributed by atoms with Crippen molar-refractivity contribution in [2.45, 2.75) is 12.1 Å². The van der Waals surface area contributed by atoms with E-state index in [1.165, 1.54) is 12.1 Å². The van der Waals surface area contributed by atoms with Crippen molar-refractivity contribution in [1.82, 2.24) is 0 Å². The van der Waals surface area contributed by atoms with Gasteiger partial charge in [0.1, 0.15) is 5.82 Å². The van der Waals surface area contributed by atoms with E-state index < -0.39 is 33.6 Å². The van der Waals surface area contributed by atoms with Gasteiger partial charge in [-0.1, -0.05) is 0 Å². The predicted octanol–water partition coefficient (Wildman–Crippen LogP) is 0.471. The molecule has 1 saturated heterocycles. The minimum Gasteiger partial charge on any atom is -0.390 e. The molecule has 0 spiro atoms. The number of hydrogen-bond acceptors (Lipinski definition) is 5. The van der Waals surface area contributed by atoms with Gasteiger partial charge in [-0.25, -0.2) is 17.8 Å². The first-order chi connectivity index (χ1) is 8.43. The Balaban J connectivity index is 2.29. The van der Waals surface area contributed by atoms with E-state index in [0.29, 0.717) is 0 Å². The van der Waals surface area contributed by atoms with Gasteiger partial charge in [0.15, 0.2) is 9.84 Å². The highest BCUT2D eigenvalue weighted by Gasteiger charge is 2.41. The first kappa shape index (κ1) is 12.9. The molecule has 1 fully saturated rings. The third-order valence-electron chi connectivity index (χ3n) is 2.79. The molecule has 0 aliphatic carbocycles. The molecule has 1 aliphatic heterocycles. The van der Waals surface area contributed by atoms with E-state index in [1.54, 1.807) is 0 Å². The quantitative estimate of drug-likeness (QED) is 0.639. The Morgan fingerprint density at radius 1 is 1.28 bits per heavy atom. The average molecular weight is 274 g/mol. The molecule has 18 heavy (non-hydrogen) atoms. The molecule has 2 atom stereocenters. The number of hydrogen-bond donors (Lipinski definition) is 1. The number of halogens is 1. The van der Waals surface area contributed by atoms with Gasteiger partial charge in [-0.2, -0.15) is 0 Å². The second-order valence-corrected chi connectivity index (χ2v) is 6.27. The lowest BCUT2D eigenvalue weighted by Gasteiger charge is -2.23. The molecule has 0 amide bonds. The molecule has 0 bridgehead atoms. The van der Waals surface area contributed by atoms with Crippen LogP contribution in [-0.4, -0.2) is 37.2 Å². The normalized spacial score (nSPS) is 25.9. The van der Waals surface area contributed by atoms with E-state index in [1.807, 2.05) is 0 Å². The molecule has 6 nitrogen and oxygen atoms in total. The zero-order chi connectivity index (χ0) is 13.3. The van der Waals surface area contributed by atoms with Crippen molar-refractivity contribution in [3.63, 3.8) is 0 Å². The molecule has 1 aliphatic rings. The third kappa shape index (κ3) is 2.49. The van der Waals surface area contributed by atoms with Crippen molar-refractivity contribution in [3.8, 4) is 0 Å². The van der Waals surface area contributed by atoms with E-state index in [4.69, 9.17) is 0 Å². The van der Waals surface area contributed by atoms with Crippen LogP contribution in [0.4, 0.5) is 10.1 Å². The van der Waals surface area contributed by atoms with Crippen LogP contribution >= 0.6 is 0 Å². The molecule has 1 N–H and O–H groups in total. The Morgan fingerprint density at radius 2 is 1.89 bits per heavy atom. The Kier molecular flexibility index (Phi) is 3.31. The minimum absolute atomic E-state index is 0.243. The van der Waals surface area contributed by atoms with Crippen molar-refractivity contribution in [1.29, 1.82) is 0 Å². The number of benzene rings is 1. The van der Waals surface area contributed by atoms with E-state index in [9.17, 15) is 22.8 Å². The first-order valence-electron chi connectivity index (χ1n) is 5.19. The summed E-state index contributed by atoms with van der Waals surface area (Å²) in [5.74, 6) is -1.23. The van der Waals surface area contributed by atoms with Gasteiger partial charge in [0.05, 0.1) is 34.6 Å². The van der Waals surface area contributed by atoms with Gasteiger partial charge >= 0.3 is 0 Å². The number of rotatable bonds is 3. The van der Waals surface area contributed by atoms with Crippen molar-refractivity contribution >= 4 is 15.5 Å². The van der Waals surface area contributed by atoms with E-state index in [-0.39, 0.29) is 11.4 Å². The zero-order valence-corrected chi connectivity index (χ0v) is 10.0. The second-order valence-electron chi connectivity index (χ2n) is 4.11. The third-order valence-corrected chi connectivity index (χ3v) is 4.49. The van der Waals surface area contributed by atoms with E-state index >= 15 is 0 Å². The molecule has 2 rings (SSSR count). The summed E-state index contributed by atoms with van der Waals surface area (Å²) in [5.41, 5.74) is 0.243. The number of aliphatic hydroxyl groups excluding tert-OH is 1. The number of nitroso groups, excluding NO2 is 1. The number of aliphatic hydroxyl groups is 1. The minimum atomic E-state index is -3.38. The Morgan fingerprint density at radius 3 is 2.33 bits per heavy atom. The maximum absolute atomic E-state index is 12.8. The predicted molar refractivity (Wildman–Crippen MR) is 63.1 cm³/mol. The summed E-state index contributed by atoms with van der Waals surface area (Å²) in [4.78, 5) is 10.8. The standard InChI is InChI=1S/C10H11FN2O4S/c11-7-1-3-8(4-2-7)13(12-15)9-5-18(16,17)6-10(9)14/h1-4,9-10,14H,5-6H2. The fraction of sp³-hybridized carbons (Fsp3) is 0.400. The Hall–Kier alpha value is -1.54. The van der Waals surface area contributed by atoms with Crippen LogP contribution in [0, 0.1) is 10.7 Å². The van der Waals surface area contributed by atoms with E-state index in [2.05, 4.69) is 5.29 Å². The van der Waals surface area contributed by atoms with Gasteiger partial charge in [-0.15, -0.1) is 4.91 Å². The number of sulfone groups is 1. The van der Waals surface area contributed by atoms with Crippen LogP contribution in [0.3, 0.4) is 0 Å². The summed E-state index contributed by atoms with van der Waals surface area (Å²) in [6, 6.07) is 3.92. The van der Waals surface area contributed by atoms with Gasteiger partial charge in [-0.05, 0) is 24.3 Å². The molecule has 8 heteroatoms. The molecular weight excluding hydrogens is 263 g/mol. The summed E-state index contributed by atoms with van der Waals surface area (Å²) in [6.07, 6.45) is -1.18. The summed E-state index contributed by atoms with van der Waals surface area (Å²) in [7, 11) is -3.38. The molecule has 98 valence electrons. The van der Waals surface area contributed by atoms with Crippen molar-refractivity contribution in [3.05, 3.63) is 35.0 Å². The molecule has 1 aromatic rings. The van der Waals surface area contributed by atoms with Crippen LogP contribution in [-0.2, 0) is 9.84 Å². The molecule has 0 aromatic heterocycles. The van der Waals surface area contributed by atoms with Gasteiger partial charge in [0.25, 0.3) is 0 Å². The summed E-state index contributed by atoms with van der Waals surface area (Å²) < 4.78 is 35.5. The lowest BCUT2D eigenvalue weighted by molar-refractivity contribution is 0.178. The first-order valence-corrected chi connectivity index (χ1v) is 7.01. The van der Waals surface area contributed by atoms with Crippen LogP contribution in [0.25, 0.3) is 0 Å². The molecular formula is C10H11FN2O4S. The fourth-order valence-electron chi connectivity index (χ4n) is 1.94. The topological polar surface area (TPSA) is 87.0 Å². The van der Waals surface area contributed by atoms with Crippen LogP contribution in [0.1, 0.15) is 0 Å². The highest BCUT2D eigenvalue weighted by molar-refractivity contribution is 7.91. The summed E-state index contributed by atoms with van der Waals surface area (Å²) in [5, 5.41) is 13.2. The summed E-state index contributed by atoms with van der Waals surface area (Å²) >= 11 is 0. The number of anilines is 1. The Labute approximate surface area is 103 Å². The molecule has 2 unspecified atom stereocenters. The van der Waals surface area contributed by atoms with Crippen molar-refractivity contribution in [2.75, 3.05) is 16.5 Å². The van der Waals surface area contributed by atoms with Crippen LogP contribution in [0.5, 0.6) is 0 Å². The average Bonchev–Trinajstić information content (AvgIpc) is 2.56. The lowest BCUT2D eigenvalue weighted by Crippen LogP contribution is -2.39. The van der Waals surface area contributed by atoms with Crippen molar-refractivity contribution < 1.29 is 17.9 Å². The highest BCUT2D eigenvalue weighted by Crippen LogP contribution is 2.25. The van der Waals surface area contributed by atoms with Gasteiger partial charge in [-0.3, -0.25) is 0 Å². The summed E-state index contributed by atoms with van der Waals surface area (Å²) in [6.45, 7) is 0. The SMILES string of the molecule is O=NN(c1ccc(F)cc1)C1CS(=O)(=O)CC1O. The molecule has 0 saturated carbocycles. The van der Waals surface area contributed by atoms with Crippen molar-refractivity contribution in [2.24, 2.45) is 5.29 Å².